The Labute approximate surface area is 219 Å². The zero-order valence-corrected chi connectivity index (χ0v) is 21.9. The van der Waals surface area contributed by atoms with Gasteiger partial charge in [0.1, 0.15) is 0 Å². The molecular weight excluding hydrogens is 446 g/mol. The first kappa shape index (κ1) is 23.1. The number of anilines is 2. The highest BCUT2D eigenvalue weighted by Gasteiger charge is 2.13. The molecule has 0 aliphatic heterocycles. The average molecular weight is 478 g/mol. The summed E-state index contributed by atoms with van der Waals surface area (Å²) in [6, 6.07) is 42.1. The minimum Gasteiger partial charge on any atom is -0.344 e. The number of hydrogen-bond donors (Lipinski definition) is 0. The molecule has 0 radical (unpaired) electrons. The van der Waals surface area contributed by atoms with Crippen LogP contribution in [0.1, 0.15) is 16.7 Å². The molecule has 0 aliphatic carbocycles. The molecule has 0 saturated carbocycles. The first-order valence-electron chi connectivity index (χ1n) is 12.9. The van der Waals surface area contributed by atoms with Crippen molar-refractivity contribution < 1.29 is 0 Å². The van der Waals surface area contributed by atoms with E-state index in [1.54, 1.807) is 0 Å². The Bertz CT molecular complexity index is 1740. The van der Waals surface area contributed by atoms with Gasteiger partial charge in [-0.05, 0) is 88.5 Å². The van der Waals surface area contributed by atoms with Crippen LogP contribution in [0, 0.1) is 20.8 Å². The van der Waals surface area contributed by atoms with Gasteiger partial charge in [-0.15, -0.1) is 0 Å². The van der Waals surface area contributed by atoms with E-state index in [0.29, 0.717) is 0 Å². The fourth-order valence-electron chi connectivity index (χ4n) is 5.49. The first-order valence-corrected chi connectivity index (χ1v) is 12.9. The lowest BCUT2D eigenvalue weighted by Gasteiger charge is -2.23. The topological polar surface area (TPSA) is 3.24 Å². The van der Waals surface area contributed by atoms with Gasteiger partial charge in [-0.2, -0.15) is 0 Å². The first-order chi connectivity index (χ1) is 18.0. The Kier molecular flexibility index (Phi) is 5.77. The van der Waals surface area contributed by atoms with E-state index in [-0.39, 0.29) is 0 Å². The van der Waals surface area contributed by atoms with Gasteiger partial charge in [0.05, 0.1) is 0 Å². The predicted molar refractivity (Wildman–Crippen MR) is 161 cm³/mol. The monoisotopic (exact) mass is 477 g/mol. The molecule has 37 heavy (non-hydrogen) atoms. The largest absolute Gasteiger partial charge is 0.344 e. The van der Waals surface area contributed by atoms with Crippen molar-refractivity contribution >= 4 is 32.9 Å². The van der Waals surface area contributed by atoms with Crippen LogP contribution in [-0.2, 0) is 0 Å². The highest BCUT2D eigenvalue weighted by molar-refractivity contribution is 6.13. The maximum atomic E-state index is 2.33. The van der Waals surface area contributed by atoms with Crippen LogP contribution in [0.15, 0.2) is 115 Å². The normalized spacial score (nSPS) is 11.2. The molecule has 0 fully saturated rings. The number of nitrogens with zero attached hydrogens (tertiary/aromatic N) is 1. The summed E-state index contributed by atoms with van der Waals surface area (Å²) >= 11 is 0. The van der Waals surface area contributed by atoms with Crippen molar-refractivity contribution in [3.8, 4) is 22.3 Å². The summed E-state index contributed by atoms with van der Waals surface area (Å²) < 4.78 is 0. The van der Waals surface area contributed by atoms with Crippen molar-refractivity contribution in [3.63, 3.8) is 0 Å². The molecule has 0 amide bonds. The van der Waals surface area contributed by atoms with Crippen LogP contribution < -0.4 is 4.90 Å². The van der Waals surface area contributed by atoms with E-state index in [2.05, 4.69) is 148 Å². The molecule has 0 aromatic heterocycles. The van der Waals surface area contributed by atoms with Gasteiger partial charge < -0.3 is 4.90 Å². The molecule has 0 spiro atoms. The Hall–Kier alpha value is -4.36. The molecule has 0 saturated heterocycles. The SMILES string of the molecule is Cc1ccc(-c2cc(C)c(-c3ccc(N(C)c4cc5ccccc5c5ccccc45)cc3)cc2C)cc1. The minimum atomic E-state index is 1.18. The summed E-state index contributed by atoms with van der Waals surface area (Å²) in [6.45, 7) is 6.56. The maximum Gasteiger partial charge on any atom is 0.0494 e. The lowest BCUT2D eigenvalue weighted by atomic mass is 9.91. The molecular formula is C36H31N. The van der Waals surface area contributed by atoms with E-state index in [1.165, 1.54) is 71.9 Å². The van der Waals surface area contributed by atoms with Gasteiger partial charge in [-0.1, -0.05) is 103 Å². The Balaban J connectivity index is 1.36. The second-order valence-corrected chi connectivity index (χ2v) is 10.1. The van der Waals surface area contributed by atoms with E-state index in [4.69, 9.17) is 0 Å². The fourth-order valence-corrected chi connectivity index (χ4v) is 5.49. The van der Waals surface area contributed by atoms with Gasteiger partial charge in [-0.25, -0.2) is 0 Å². The third-order valence-electron chi connectivity index (χ3n) is 7.61. The third kappa shape index (κ3) is 4.17. The van der Waals surface area contributed by atoms with Crippen molar-refractivity contribution in [1.82, 2.24) is 0 Å². The van der Waals surface area contributed by atoms with Gasteiger partial charge in [0.15, 0.2) is 0 Å². The molecule has 1 nitrogen and oxygen atoms in total. The maximum absolute atomic E-state index is 2.33. The summed E-state index contributed by atoms with van der Waals surface area (Å²) in [6.07, 6.45) is 0. The van der Waals surface area contributed by atoms with Crippen molar-refractivity contribution in [2.75, 3.05) is 11.9 Å². The third-order valence-corrected chi connectivity index (χ3v) is 7.61. The summed E-state index contributed by atoms with van der Waals surface area (Å²) in [5, 5.41) is 5.12. The van der Waals surface area contributed by atoms with E-state index < -0.39 is 0 Å². The number of benzene rings is 6. The van der Waals surface area contributed by atoms with Gasteiger partial charge >= 0.3 is 0 Å². The van der Waals surface area contributed by atoms with Crippen LogP contribution in [0.5, 0.6) is 0 Å². The summed E-state index contributed by atoms with van der Waals surface area (Å²) in [4.78, 5) is 2.30. The number of rotatable bonds is 4. The Morgan fingerprint density at radius 2 is 1.00 bits per heavy atom. The number of aryl methyl sites for hydroxylation is 3. The zero-order chi connectivity index (χ0) is 25.5. The van der Waals surface area contributed by atoms with Crippen molar-refractivity contribution in [2.45, 2.75) is 20.8 Å². The van der Waals surface area contributed by atoms with Crippen LogP contribution in [0.2, 0.25) is 0 Å². The van der Waals surface area contributed by atoms with Crippen molar-refractivity contribution in [3.05, 3.63) is 132 Å². The highest BCUT2D eigenvalue weighted by Crippen LogP contribution is 2.38. The predicted octanol–water partition coefficient (Wildman–Crippen LogP) is 10.0. The van der Waals surface area contributed by atoms with Gasteiger partial charge in [-0.3, -0.25) is 0 Å². The molecule has 0 N–H and O–H groups in total. The van der Waals surface area contributed by atoms with Crippen molar-refractivity contribution in [2.24, 2.45) is 0 Å². The van der Waals surface area contributed by atoms with Crippen LogP contribution in [0.4, 0.5) is 11.4 Å². The zero-order valence-electron chi connectivity index (χ0n) is 21.9. The molecule has 180 valence electrons. The van der Waals surface area contributed by atoms with Crippen LogP contribution in [-0.4, -0.2) is 7.05 Å². The number of hydrogen-bond acceptors (Lipinski definition) is 1. The molecule has 0 aliphatic rings. The van der Waals surface area contributed by atoms with Crippen LogP contribution >= 0.6 is 0 Å². The molecule has 0 atom stereocenters. The van der Waals surface area contributed by atoms with E-state index in [0.717, 1.165) is 0 Å². The second-order valence-electron chi connectivity index (χ2n) is 10.1. The van der Waals surface area contributed by atoms with E-state index >= 15 is 0 Å². The smallest absolute Gasteiger partial charge is 0.0494 e. The van der Waals surface area contributed by atoms with Crippen LogP contribution in [0.25, 0.3) is 43.8 Å². The minimum absolute atomic E-state index is 1.18. The summed E-state index contributed by atoms with van der Waals surface area (Å²) in [5.74, 6) is 0. The lowest BCUT2D eigenvalue weighted by molar-refractivity contribution is 1.22. The molecule has 0 bridgehead atoms. The molecule has 6 aromatic rings. The molecule has 6 rings (SSSR count). The standard InChI is InChI=1S/C36H31N/c1-24-13-15-27(16-14-24)34-21-26(3)35(22-25(34)2)28-17-19-30(20-18-28)37(4)36-23-29-9-5-6-10-31(29)32-11-7-8-12-33(32)36/h5-23H,1-4H3. The summed E-state index contributed by atoms with van der Waals surface area (Å²) in [5.41, 5.74) is 11.4. The molecule has 1 heteroatoms. The van der Waals surface area contributed by atoms with E-state index in [9.17, 15) is 0 Å². The second kappa shape index (κ2) is 9.26. The summed E-state index contributed by atoms with van der Waals surface area (Å²) in [7, 11) is 2.16. The van der Waals surface area contributed by atoms with Gasteiger partial charge in [0.2, 0.25) is 0 Å². The quantitative estimate of drug-likeness (QED) is 0.228. The Morgan fingerprint density at radius 3 is 1.62 bits per heavy atom. The van der Waals surface area contributed by atoms with Gasteiger partial charge in [0.25, 0.3) is 0 Å². The van der Waals surface area contributed by atoms with E-state index in [1.807, 2.05) is 0 Å². The van der Waals surface area contributed by atoms with Crippen LogP contribution in [0.3, 0.4) is 0 Å². The molecule has 0 unspecified atom stereocenters. The highest BCUT2D eigenvalue weighted by atomic mass is 15.1. The molecule has 6 aromatic carbocycles. The number of fused-ring (bicyclic) bond motifs is 3. The van der Waals surface area contributed by atoms with Gasteiger partial charge in [0, 0.05) is 23.8 Å². The Morgan fingerprint density at radius 1 is 0.486 bits per heavy atom. The lowest BCUT2D eigenvalue weighted by Crippen LogP contribution is -2.10. The van der Waals surface area contributed by atoms with Crippen molar-refractivity contribution in [1.29, 1.82) is 0 Å². The average Bonchev–Trinajstić information content (AvgIpc) is 2.94. The fraction of sp³-hybridized carbons (Fsp3) is 0.111. The molecule has 0 heterocycles.